The van der Waals surface area contributed by atoms with Gasteiger partial charge in [0.15, 0.2) is 11.6 Å². The Morgan fingerprint density at radius 1 is 1.12 bits per heavy atom. The molecule has 1 N–H and O–H groups in total. The lowest BCUT2D eigenvalue weighted by molar-refractivity contribution is -0.333. The standard InChI is InChI=1S/C21H31NO3/c1-19-9-4-3-5-14(19)6-7-15-16-8-10-21(24-12-11-22-25-21)20(16,2)18(23)13-17(15)19/h13-16,22H,3-12H2,1-2H3. The van der Waals surface area contributed by atoms with Gasteiger partial charge in [-0.2, -0.15) is 5.48 Å². The van der Waals surface area contributed by atoms with E-state index in [1.54, 1.807) is 0 Å². The highest BCUT2D eigenvalue weighted by atomic mass is 16.8. The topological polar surface area (TPSA) is 47.6 Å². The lowest BCUT2D eigenvalue weighted by Gasteiger charge is -2.56. The van der Waals surface area contributed by atoms with Gasteiger partial charge < -0.3 is 4.74 Å². The van der Waals surface area contributed by atoms with Crippen molar-refractivity contribution in [2.75, 3.05) is 13.2 Å². The molecule has 4 aliphatic carbocycles. The zero-order valence-electron chi connectivity index (χ0n) is 15.6. The van der Waals surface area contributed by atoms with E-state index in [1.807, 2.05) is 6.08 Å². The Morgan fingerprint density at radius 2 is 2.00 bits per heavy atom. The maximum Gasteiger partial charge on any atom is 0.200 e. The second kappa shape index (κ2) is 5.40. The van der Waals surface area contributed by atoms with Crippen LogP contribution < -0.4 is 5.48 Å². The number of ether oxygens (including phenoxy) is 1. The fourth-order valence-electron chi connectivity index (χ4n) is 7.17. The molecule has 0 aromatic heterocycles. The van der Waals surface area contributed by atoms with Crippen LogP contribution in [0, 0.1) is 28.6 Å². The van der Waals surface area contributed by atoms with E-state index < -0.39 is 11.2 Å². The van der Waals surface area contributed by atoms with Crippen LogP contribution in [0.2, 0.25) is 0 Å². The molecule has 4 fully saturated rings. The molecule has 25 heavy (non-hydrogen) atoms. The molecule has 4 heteroatoms. The quantitative estimate of drug-likeness (QED) is 0.726. The molecule has 4 nitrogen and oxygen atoms in total. The number of ketones is 1. The largest absolute Gasteiger partial charge is 0.346 e. The summed E-state index contributed by atoms with van der Waals surface area (Å²) in [4.78, 5) is 19.4. The number of nitrogens with one attached hydrogen (secondary N) is 1. The van der Waals surface area contributed by atoms with Gasteiger partial charge >= 0.3 is 0 Å². The fourth-order valence-corrected chi connectivity index (χ4v) is 7.17. The average molecular weight is 345 g/mol. The van der Waals surface area contributed by atoms with Crippen LogP contribution in [0.15, 0.2) is 11.6 Å². The third kappa shape index (κ3) is 1.97. The minimum absolute atomic E-state index is 0.248. The third-order valence-corrected chi connectivity index (χ3v) is 8.66. The molecule has 5 aliphatic rings. The van der Waals surface area contributed by atoms with Crippen LogP contribution in [0.25, 0.3) is 0 Å². The van der Waals surface area contributed by atoms with Crippen molar-refractivity contribution in [3.8, 4) is 0 Å². The normalized spacial score (nSPS) is 52.3. The van der Waals surface area contributed by atoms with Gasteiger partial charge in [0.1, 0.15) is 0 Å². The Morgan fingerprint density at radius 3 is 2.80 bits per heavy atom. The smallest absolute Gasteiger partial charge is 0.200 e. The molecular weight excluding hydrogens is 314 g/mol. The predicted molar refractivity (Wildman–Crippen MR) is 94.5 cm³/mol. The van der Waals surface area contributed by atoms with Gasteiger partial charge in [0.2, 0.25) is 0 Å². The molecule has 6 unspecified atom stereocenters. The molecule has 3 saturated carbocycles. The van der Waals surface area contributed by atoms with Gasteiger partial charge in [0.25, 0.3) is 0 Å². The van der Waals surface area contributed by atoms with E-state index in [1.165, 1.54) is 44.1 Å². The molecule has 0 aromatic rings. The first-order valence-electron chi connectivity index (χ1n) is 10.3. The Balaban J connectivity index is 1.58. The number of fused-ring (bicyclic) bond motifs is 6. The van der Waals surface area contributed by atoms with Crippen LogP contribution in [0.5, 0.6) is 0 Å². The van der Waals surface area contributed by atoms with E-state index in [0.717, 1.165) is 18.8 Å². The number of allylic oxidation sites excluding steroid dienone is 2. The van der Waals surface area contributed by atoms with Crippen molar-refractivity contribution in [1.82, 2.24) is 5.48 Å². The van der Waals surface area contributed by atoms with Crippen LogP contribution in [-0.4, -0.2) is 24.7 Å². The van der Waals surface area contributed by atoms with Crippen molar-refractivity contribution >= 4 is 5.78 Å². The molecule has 6 atom stereocenters. The molecule has 1 heterocycles. The molecule has 1 saturated heterocycles. The summed E-state index contributed by atoms with van der Waals surface area (Å²) in [5.41, 5.74) is 4.21. The minimum atomic E-state index is -0.765. The Labute approximate surface area is 150 Å². The first kappa shape index (κ1) is 16.5. The van der Waals surface area contributed by atoms with Crippen molar-refractivity contribution < 1.29 is 14.4 Å². The van der Waals surface area contributed by atoms with Crippen molar-refractivity contribution in [2.45, 2.75) is 71.0 Å². The van der Waals surface area contributed by atoms with E-state index in [0.29, 0.717) is 25.0 Å². The molecule has 1 aliphatic heterocycles. The molecule has 1 spiro atoms. The summed E-state index contributed by atoms with van der Waals surface area (Å²) >= 11 is 0. The zero-order valence-corrected chi connectivity index (χ0v) is 15.6. The van der Waals surface area contributed by atoms with E-state index in [4.69, 9.17) is 9.57 Å². The van der Waals surface area contributed by atoms with Gasteiger partial charge in [-0.3, -0.25) is 9.63 Å². The summed E-state index contributed by atoms with van der Waals surface area (Å²) < 4.78 is 6.15. The molecule has 138 valence electrons. The number of hydrogen-bond acceptors (Lipinski definition) is 4. The van der Waals surface area contributed by atoms with Crippen LogP contribution in [0.1, 0.15) is 65.2 Å². The van der Waals surface area contributed by atoms with Gasteiger partial charge in [-0.1, -0.05) is 25.3 Å². The highest BCUT2D eigenvalue weighted by Crippen LogP contribution is 2.66. The van der Waals surface area contributed by atoms with Crippen LogP contribution in [0.4, 0.5) is 0 Å². The Bertz CT molecular complexity index is 623. The van der Waals surface area contributed by atoms with Crippen LogP contribution >= 0.6 is 0 Å². The zero-order chi connectivity index (χ0) is 17.3. The second-order valence-corrected chi connectivity index (χ2v) is 9.45. The van der Waals surface area contributed by atoms with Gasteiger partial charge in [-0.15, -0.1) is 0 Å². The Kier molecular flexibility index (Phi) is 3.56. The maximum atomic E-state index is 13.5. The highest BCUT2D eigenvalue weighted by Gasteiger charge is 2.68. The lowest BCUT2D eigenvalue weighted by atomic mass is 9.49. The molecule has 0 amide bonds. The molecule has 0 aromatic carbocycles. The summed E-state index contributed by atoms with van der Waals surface area (Å²) in [5, 5.41) is 0. The van der Waals surface area contributed by atoms with E-state index in [-0.39, 0.29) is 11.2 Å². The van der Waals surface area contributed by atoms with E-state index in [2.05, 4.69) is 19.3 Å². The molecular formula is C21H31NO3. The van der Waals surface area contributed by atoms with Gasteiger partial charge in [-0.05, 0) is 68.3 Å². The van der Waals surface area contributed by atoms with Crippen LogP contribution in [-0.2, 0) is 14.4 Å². The number of hydrogen-bond donors (Lipinski definition) is 1. The number of carbonyl (C=O) groups excluding carboxylic acids is 1. The predicted octanol–water partition coefficient (Wildman–Crippen LogP) is 3.77. The average Bonchev–Trinajstić information content (AvgIpc) is 2.90. The third-order valence-electron chi connectivity index (χ3n) is 8.66. The summed E-state index contributed by atoms with van der Waals surface area (Å²) in [5.74, 6) is 1.16. The number of hydroxylamine groups is 1. The Hall–Kier alpha value is -0.710. The summed E-state index contributed by atoms with van der Waals surface area (Å²) in [7, 11) is 0. The first-order valence-corrected chi connectivity index (χ1v) is 10.3. The first-order chi connectivity index (χ1) is 12.0. The molecule has 0 bridgehead atoms. The number of rotatable bonds is 0. The van der Waals surface area contributed by atoms with E-state index in [9.17, 15) is 4.79 Å². The van der Waals surface area contributed by atoms with Crippen molar-refractivity contribution in [1.29, 1.82) is 0 Å². The van der Waals surface area contributed by atoms with Crippen LogP contribution in [0.3, 0.4) is 0 Å². The highest BCUT2D eigenvalue weighted by molar-refractivity contribution is 5.98. The van der Waals surface area contributed by atoms with E-state index >= 15 is 0 Å². The summed E-state index contributed by atoms with van der Waals surface area (Å²) in [6, 6.07) is 0. The van der Waals surface area contributed by atoms with Gasteiger partial charge in [0.05, 0.1) is 12.0 Å². The molecule has 0 radical (unpaired) electrons. The van der Waals surface area contributed by atoms with Crippen molar-refractivity contribution in [3.05, 3.63) is 11.6 Å². The number of carbonyl (C=O) groups is 1. The minimum Gasteiger partial charge on any atom is -0.346 e. The monoisotopic (exact) mass is 345 g/mol. The van der Waals surface area contributed by atoms with Crippen molar-refractivity contribution in [3.63, 3.8) is 0 Å². The second-order valence-electron chi connectivity index (χ2n) is 9.45. The SMILES string of the molecule is CC12CCCCC1CCC1C2=CC(=O)C2(C)C1CCC21OCCNO1. The van der Waals surface area contributed by atoms with Gasteiger partial charge in [0, 0.05) is 13.0 Å². The fraction of sp³-hybridized carbons (Fsp3) is 0.857. The van der Waals surface area contributed by atoms with Crippen molar-refractivity contribution in [2.24, 2.45) is 28.6 Å². The maximum absolute atomic E-state index is 13.5. The molecule has 5 rings (SSSR count). The lowest BCUT2D eigenvalue weighted by Crippen LogP contribution is -2.61. The van der Waals surface area contributed by atoms with Gasteiger partial charge in [-0.25, -0.2) is 0 Å². The summed E-state index contributed by atoms with van der Waals surface area (Å²) in [6.45, 7) is 5.88. The summed E-state index contributed by atoms with van der Waals surface area (Å²) in [6.07, 6.45) is 11.8.